The summed E-state index contributed by atoms with van der Waals surface area (Å²) in [6.45, 7) is 11.1. The molecule has 0 bridgehead atoms. The van der Waals surface area contributed by atoms with Crippen molar-refractivity contribution in [3.05, 3.63) is 17.5 Å². The van der Waals surface area contributed by atoms with Crippen molar-refractivity contribution in [3.8, 4) is 0 Å². The van der Waals surface area contributed by atoms with Gasteiger partial charge >= 0.3 is 5.97 Å². The second-order valence-electron chi connectivity index (χ2n) is 6.65. The number of nitrogens with zero attached hydrogens (tertiary/aromatic N) is 2. The largest absolute Gasteiger partial charge is 0.481 e. The lowest BCUT2D eigenvalue weighted by Crippen LogP contribution is -2.19. The van der Waals surface area contributed by atoms with Crippen molar-refractivity contribution >= 4 is 11.9 Å². The molecule has 0 aliphatic carbocycles. The van der Waals surface area contributed by atoms with Gasteiger partial charge < -0.3 is 10.4 Å². The van der Waals surface area contributed by atoms with Crippen LogP contribution in [0.25, 0.3) is 0 Å². The Morgan fingerprint density at radius 2 is 2.00 bits per heavy atom. The van der Waals surface area contributed by atoms with Crippen molar-refractivity contribution in [1.29, 1.82) is 0 Å². The van der Waals surface area contributed by atoms with Crippen molar-refractivity contribution < 1.29 is 9.90 Å². The van der Waals surface area contributed by atoms with Gasteiger partial charge in [-0.25, -0.2) is 9.97 Å². The highest BCUT2D eigenvalue weighted by Crippen LogP contribution is 2.26. The number of carbonyl (C=O) groups is 1. The minimum atomic E-state index is -0.736. The molecule has 1 heterocycles. The summed E-state index contributed by atoms with van der Waals surface area (Å²) in [5.41, 5.74) is 1.99. The topological polar surface area (TPSA) is 75.1 Å². The maximum Gasteiger partial charge on any atom is 0.303 e. The molecule has 0 aliphatic heterocycles. The number of aromatic nitrogens is 2. The molecule has 0 amide bonds. The van der Waals surface area contributed by atoms with E-state index in [1.165, 1.54) is 0 Å². The Bertz CT molecular complexity index is 484. The van der Waals surface area contributed by atoms with Crippen LogP contribution in [0.2, 0.25) is 0 Å². The first-order valence-corrected chi connectivity index (χ1v) is 7.51. The first kappa shape index (κ1) is 17.4. The Morgan fingerprint density at radius 1 is 1.33 bits per heavy atom. The molecule has 5 heteroatoms. The highest BCUT2D eigenvalue weighted by molar-refractivity contribution is 5.66. The van der Waals surface area contributed by atoms with E-state index in [9.17, 15) is 4.79 Å². The van der Waals surface area contributed by atoms with Crippen molar-refractivity contribution in [3.63, 3.8) is 0 Å². The number of anilines is 1. The third kappa shape index (κ3) is 6.56. The van der Waals surface area contributed by atoms with Gasteiger partial charge in [0.1, 0.15) is 0 Å². The van der Waals surface area contributed by atoms with Crippen molar-refractivity contribution in [2.45, 2.75) is 59.8 Å². The predicted octanol–water partition coefficient (Wildman–Crippen LogP) is 3.60. The van der Waals surface area contributed by atoms with Crippen LogP contribution in [0, 0.1) is 12.3 Å². The van der Waals surface area contributed by atoms with Gasteiger partial charge in [-0.1, -0.05) is 27.7 Å². The maximum absolute atomic E-state index is 10.6. The number of nitrogens with one attached hydrogen (secondary N) is 1. The first-order chi connectivity index (χ1) is 9.69. The summed E-state index contributed by atoms with van der Waals surface area (Å²) in [7, 11) is 0. The number of carboxylic acid groups (broad SMARTS) is 1. The van der Waals surface area contributed by atoms with Gasteiger partial charge in [0.15, 0.2) is 0 Å². The van der Waals surface area contributed by atoms with Crippen LogP contribution in [0.3, 0.4) is 0 Å². The Labute approximate surface area is 127 Å². The molecule has 21 heavy (non-hydrogen) atoms. The molecule has 0 unspecified atom stereocenters. The normalized spacial score (nSPS) is 11.7. The molecule has 0 fully saturated rings. The van der Waals surface area contributed by atoms with E-state index in [4.69, 9.17) is 5.11 Å². The Morgan fingerprint density at radius 3 is 2.57 bits per heavy atom. The Hall–Kier alpha value is -1.65. The molecule has 1 aromatic rings. The summed E-state index contributed by atoms with van der Waals surface area (Å²) in [6.07, 6.45) is 1.77. The molecule has 0 saturated carbocycles. The van der Waals surface area contributed by atoms with E-state index in [-0.39, 0.29) is 11.8 Å². The van der Waals surface area contributed by atoms with E-state index in [0.717, 1.165) is 24.4 Å². The number of aryl methyl sites for hydroxylation is 1. The van der Waals surface area contributed by atoms with E-state index in [1.807, 2.05) is 13.0 Å². The highest BCUT2D eigenvalue weighted by Gasteiger charge is 2.19. The van der Waals surface area contributed by atoms with Crippen LogP contribution < -0.4 is 5.32 Å². The fraction of sp³-hybridized carbons (Fsp3) is 0.688. The van der Waals surface area contributed by atoms with Gasteiger partial charge in [0.2, 0.25) is 5.95 Å². The first-order valence-electron chi connectivity index (χ1n) is 7.51. The molecule has 118 valence electrons. The number of hydrogen-bond acceptors (Lipinski definition) is 4. The highest BCUT2D eigenvalue weighted by atomic mass is 16.4. The predicted molar refractivity (Wildman–Crippen MR) is 84.6 cm³/mol. The summed E-state index contributed by atoms with van der Waals surface area (Å²) >= 11 is 0. The molecule has 0 radical (unpaired) electrons. The lowest BCUT2D eigenvalue weighted by molar-refractivity contribution is -0.137. The summed E-state index contributed by atoms with van der Waals surface area (Å²) < 4.78 is 0. The lowest BCUT2D eigenvalue weighted by atomic mass is 9.84. The zero-order chi connectivity index (χ0) is 16.0. The van der Waals surface area contributed by atoms with Crippen molar-refractivity contribution in [2.24, 2.45) is 5.41 Å². The monoisotopic (exact) mass is 293 g/mol. The second kappa shape index (κ2) is 7.38. The molecule has 1 aromatic heterocycles. The number of carboxylic acids is 1. The molecular formula is C16H27N3O2. The van der Waals surface area contributed by atoms with Gasteiger partial charge in [-0.15, -0.1) is 0 Å². The van der Waals surface area contributed by atoms with Crippen LogP contribution in [0.4, 0.5) is 5.95 Å². The molecule has 0 aromatic carbocycles. The molecule has 0 aliphatic rings. The van der Waals surface area contributed by atoms with Crippen molar-refractivity contribution in [2.75, 3.05) is 11.9 Å². The molecule has 0 saturated heterocycles. The summed E-state index contributed by atoms with van der Waals surface area (Å²) in [5.74, 6) is 0.298. The number of hydrogen-bond donors (Lipinski definition) is 2. The van der Waals surface area contributed by atoms with Gasteiger partial charge in [-0.2, -0.15) is 0 Å². The molecule has 1 rings (SSSR count). The molecular weight excluding hydrogens is 266 g/mol. The van der Waals surface area contributed by atoms with Crippen LogP contribution in [0.1, 0.15) is 64.3 Å². The quantitative estimate of drug-likeness (QED) is 0.766. The molecule has 2 N–H and O–H groups in total. The van der Waals surface area contributed by atoms with Crippen LogP contribution in [0.15, 0.2) is 6.07 Å². The van der Waals surface area contributed by atoms with E-state index >= 15 is 0 Å². The van der Waals surface area contributed by atoms with Gasteiger partial charge in [-0.05, 0) is 37.2 Å². The smallest absolute Gasteiger partial charge is 0.303 e. The van der Waals surface area contributed by atoms with Crippen LogP contribution >= 0.6 is 0 Å². The number of rotatable bonds is 8. The summed E-state index contributed by atoms with van der Waals surface area (Å²) in [5, 5.41) is 12.0. The summed E-state index contributed by atoms with van der Waals surface area (Å²) in [4.78, 5) is 19.5. The zero-order valence-electron chi connectivity index (χ0n) is 13.7. The van der Waals surface area contributed by atoms with E-state index in [0.29, 0.717) is 18.3 Å². The third-order valence-corrected chi connectivity index (χ3v) is 3.57. The van der Waals surface area contributed by atoms with E-state index < -0.39 is 5.97 Å². The molecule has 0 atom stereocenters. The minimum absolute atomic E-state index is 0.00388. The fourth-order valence-electron chi connectivity index (χ4n) is 2.05. The molecule has 0 spiro atoms. The van der Waals surface area contributed by atoms with Crippen LogP contribution in [-0.4, -0.2) is 27.6 Å². The fourth-order valence-corrected chi connectivity index (χ4v) is 2.05. The standard InChI is InChI=1S/C16H27N3O2/c1-11(2)13-10-12(3)18-15(19-13)17-9-8-16(4,5)7-6-14(20)21/h10-11H,6-9H2,1-5H3,(H,20,21)(H,17,18,19). The van der Waals surface area contributed by atoms with Crippen LogP contribution in [0.5, 0.6) is 0 Å². The van der Waals surface area contributed by atoms with Gasteiger partial charge in [0, 0.05) is 24.4 Å². The second-order valence-corrected chi connectivity index (χ2v) is 6.65. The molecule has 5 nitrogen and oxygen atoms in total. The van der Waals surface area contributed by atoms with Gasteiger partial charge in [0.05, 0.1) is 0 Å². The van der Waals surface area contributed by atoms with Gasteiger partial charge in [0.25, 0.3) is 0 Å². The maximum atomic E-state index is 10.6. The Balaban J connectivity index is 2.53. The van der Waals surface area contributed by atoms with E-state index in [2.05, 4.69) is 43.0 Å². The number of aliphatic carboxylic acids is 1. The third-order valence-electron chi connectivity index (χ3n) is 3.57. The zero-order valence-corrected chi connectivity index (χ0v) is 13.7. The average molecular weight is 293 g/mol. The average Bonchev–Trinajstić information content (AvgIpc) is 2.35. The van der Waals surface area contributed by atoms with Gasteiger partial charge in [-0.3, -0.25) is 4.79 Å². The lowest BCUT2D eigenvalue weighted by Gasteiger charge is -2.24. The van der Waals surface area contributed by atoms with Crippen LogP contribution in [-0.2, 0) is 4.79 Å². The SMILES string of the molecule is Cc1cc(C(C)C)nc(NCCC(C)(C)CCC(=O)O)n1. The Kier molecular flexibility index (Phi) is 6.12. The minimum Gasteiger partial charge on any atom is -0.481 e. The van der Waals surface area contributed by atoms with E-state index in [1.54, 1.807) is 0 Å². The summed E-state index contributed by atoms with van der Waals surface area (Å²) in [6, 6.07) is 2.01. The van der Waals surface area contributed by atoms with Crippen molar-refractivity contribution in [1.82, 2.24) is 9.97 Å².